The predicted molar refractivity (Wildman–Crippen MR) is 85.1 cm³/mol. The summed E-state index contributed by atoms with van der Waals surface area (Å²) in [6.45, 7) is 3.10. The van der Waals surface area contributed by atoms with Gasteiger partial charge in [0.2, 0.25) is 0 Å². The molecular formula is C17H20N4. The van der Waals surface area contributed by atoms with E-state index in [-0.39, 0.29) is 6.04 Å². The molecule has 4 nitrogen and oxygen atoms in total. The van der Waals surface area contributed by atoms with E-state index in [0.29, 0.717) is 0 Å². The number of hydrogen-bond acceptors (Lipinski definition) is 3. The van der Waals surface area contributed by atoms with E-state index in [1.54, 1.807) is 0 Å². The Morgan fingerprint density at radius 3 is 2.62 bits per heavy atom. The van der Waals surface area contributed by atoms with E-state index in [9.17, 15) is 0 Å². The van der Waals surface area contributed by atoms with Gasteiger partial charge in [-0.2, -0.15) is 0 Å². The Morgan fingerprint density at radius 2 is 1.90 bits per heavy atom. The summed E-state index contributed by atoms with van der Waals surface area (Å²) in [5.41, 5.74) is 3.51. The fourth-order valence-electron chi connectivity index (χ4n) is 2.80. The number of aryl methyl sites for hydroxylation is 1. The Hall–Kier alpha value is -2.20. The molecule has 1 N–H and O–H groups in total. The number of aromatic nitrogens is 3. The lowest BCUT2D eigenvalue weighted by molar-refractivity contribution is 0.556. The Morgan fingerprint density at radius 1 is 1.14 bits per heavy atom. The number of hydrogen-bond donors (Lipinski definition) is 1. The Labute approximate surface area is 124 Å². The molecule has 0 saturated heterocycles. The first kappa shape index (κ1) is 13.8. The fourth-order valence-corrected chi connectivity index (χ4v) is 2.80. The molecule has 21 heavy (non-hydrogen) atoms. The minimum absolute atomic E-state index is 0.245. The van der Waals surface area contributed by atoms with Crippen LogP contribution >= 0.6 is 0 Å². The summed E-state index contributed by atoms with van der Waals surface area (Å²) in [6.07, 6.45) is 4.54. The van der Waals surface area contributed by atoms with Crippen molar-refractivity contribution in [2.75, 3.05) is 7.05 Å². The van der Waals surface area contributed by atoms with E-state index in [2.05, 4.69) is 52.1 Å². The molecule has 0 aliphatic rings. The molecule has 0 spiro atoms. The van der Waals surface area contributed by atoms with E-state index in [1.807, 2.05) is 25.5 Å². The standard InChI is InChI=1S/C17H20N4/c1-3-21-16-7-5-4-6-14(16)20-17(21)12-15(18-2)13-8-10-19-11-9-13/h4-11,15,18H,3,12H2,1-2H3. The highest BCUT2D eigenvalue weighted by Gasteiger charge is 2.15. The third-order valence-corrected chi connectivity index (χ3v) is 3.89. The molecular weight excluding hydrogens is 260 g/mol. The molecule has 0 aliphatic carbocycles. The minimum atomic E-state index is 0.245. The van der Waals surface area contributed by atoms with Gasteiger partial charge in [-0.15, -0.1) is 0 Å². The number of benzene rings is 1. The normalized spacial score (nSPS) is 12.7. The average Bonchev–Trinajstić information content (AvgIpc) is 2.90. The second-order valence-corrected chi connectivity index (χ2v) is 5.09. The maximum atomic E-state index is 4.80. The van der Waals surface area contributed by atoms with Crippen molar-refractivity contribution in [3.63, 3.8) is 0 Å². The van der Waals surface area contributed by atoms with E-state index in [1.165, 1.54) is 11.1 Å². The number of likely N-dealkylation sites (N-methyl/N-ethyl adjacent to an activating group) is 1. The van der Waals surface area contributed by atoms with Crippen LogP contribution in [0.3, 0.4) is 0 Å². The van der Waals surface area contributed by atoms with Gasteiger partial charge in [0.25, 0.3) is 0 Å². The van der Waals surface area contributed by atoms with E-state index < -0.39 is 0 Å². The molecule has 2 aromatic heterocycles. The predicted octanol–water partition coefficient (Wildman–Crippen LogP) is 2.95. The number of pyridine rings is 1. The van der Waals surface area contributed by atoms with Gasteiger partial charge in [0.1, 0.15) is 5.82 Å². The Kier molecular flexibility index (Phi) is 3.97. The highest BCUT2D eigenvalue weighted by molar-refractivity contribution is 5.75. The van der Waals surface area contributed by atoms with Gasteiger partial charge in [-0.05, 0) is 43.8 Å². The molecule has 108 valence electrons. The lowest BCUT2D eigenvalue weighted by Crippen LogP contribution is -2.20. The van der Waals surface area contributed by atoms with Gasteiger partial charge < -0.3 is 9.88 Å². The van der Waals surface area contributed by atoms with Gasteiger partial charge in [-0.1, -0.05) is 12.1 Å². The zero-order chi connectivity index (χ0) is 14.7. The van der Waals surface area contributed by atoms with Crippen molar-refractivity contribution in [3.05, 3.63) is 60.2 Å². The molecule has 0 radical (unpaired) electrons. The Bertz CT molecular complexity index is 718. The first-order valence-corrected chi connectivity index (χ1v) is 7.34. The third kappa shape index (κ3) is 2.67. The monoisotopic (exact) mass is 280 g/mol. The highest BCUT2D eigenvalue weighted by atomic mass is 15.1. The van der Waals surface area contributed by atoms with Crippen LogP contribution in [0.5, 0.6) is 0 Å². The SMILES string of the molecule is CCn1c(CC(NC)c2ccncc2)nc2ccccc21. The largest absolute Gasteiger partial charge is 0.328 e. The molecule has 0 aliphatic heterocycles. The highest BCUT2D eigenvalue weighted by Crippen LogP contribution is 2.21. The summed E-state index contributed by atoms with van der Waals surface area (Å²) in [5, 5.41) is 3.38. The molecule has 2 heterocycles. The van der Waals surface area contributed by atoms with Gasteiger partial charge in [0.05, 0.1) is 11.0 Å². The van der Waals surface area contributed by atoms with Crippen molar-refractivity contribution < 1.29 is 0 Å². The second-order valence-electron chi connectivity index (χ2n) is 5.09. The van der Waals surface area contributed by atoms with Gasteiger partial charge >= 0.3 is 0 Å². The maximum absolute atomic E-state index is 4.80. The lowest BCUT2D eigenvalue weighted by atomic mass is 10.1. The van der Waals surface area contributed by atoms with Crippen molar-refractivity contribution in [3.8, 4) is 0 Å². The van der Waals surface area contributed by atoms with Crippen LogP contribution in [0.1, 0.15) is 24.4 Å². The summed E-state index contributed by atoms with van der Waals surface area (Å²) in [4.78, 5) is 8.89. The van der Waals surface area contributed by atoms with Crippen molar-refractivity contribution in [2.45, 2.75) is 25.9 Å². The van der Waals surface area contributed by atoms with E-state index in [0.717, 1.165) is 24.3 Å². The topological polar surface area (TPSA) is 42.7 Å². The maximum Gasteiger partial charge on any atom is 0.111 e. The van der Waals surface area contributed by atoms with E-state index in [4.69, 9.17) is 4.98 Å². The van der Waals surface area contributed by atoms with Crippen LogP contribution in [-0.2, 0) is 13.0 Å². The molecule has 1 aromatic carbocycles. The third-order valence-electron chi connectivity index (χ3n) is 3.89. The lowest BCUT2D eigenvalue weighted by Gasteiger charge is -2.16. The quantitative estimate of drug-likeness (QED) is 0.781. The number of fused-ring (bicyclic) bond motifs is 1. The molecule has 1 atom stereocenters. The fraction of sp³-hybridized carbons (Fsp3) is 0.294. The number of imidazole rings is 1. The molecule has 0 bridgehead atoms. The van der Waals surface area contributed by atoms with Crippen molar-refractivity contribution in [1.82, 2.24) is 19.9 Å². The van der Waals surface area contributed by atoms with Crippen LogP contribution in [0.15, 0.2) is 48.8 Å². The summed E-state index contributed by atoms with van der Waals surface area (Å²) >= 11 is 0. The zero-order valence-electron chi connectivity index (χ0n) is 12.5. The van der Waals surface area contributed by atoms with E-state index >= 15 is 0 Å². The zero-order valence-corrected chi connectivity index (χ0v) is 12.5. The molecule has 3 aromatic rings. The second kappa shape index (κ2) is 6.06. The summed E-state index contributed by atoms with van der Waals surface area (Å²) in [7, 11) is 1.99. The van der Waals surface area contributed by atoms with Gasteiger partial charge in [0, 0.05) is 31.4 Å². The van der Waals surface area contributed by atoms with Crippen LogP contribution in [0, 0.1) is 0 Å². The molecule has 0 saturated carbocycles. The number of para-hydroxylation sites is 2. The Balaban J connectivity index is 1.97. The van der Waals surface area contributed by atoms with Crippen molar-refractivity contribution >= 4 is 11.0 Å². The molecule has 3 rings (SSSR count). The van der Waals surface area contributed by atoms with Gasteiger partial charge in [-0.3, -0.25) is 4.98 Å². The molecule has 0 amide bonds. The van der Waals surface area contributed by atoms with Crippen LogP contribution in [0.25, 0.3) is 11.0 Å². The summed E-state index contributed by atoms with van der Waals surface area (Å²) < 4.78 is 2.29. The number of nitrogens with zero attached hydrogens (tertiary/aromatic N) is 3. The van der Waals surface area contributed by atoms with Gasteiger partial charge in [-0.25, -0.2) is 4.98 Å². The smallest absolute Gasteiger partial charge is 0.111 e. The van der Waals surface area contributed by atoms with Gasteiger partial charge in [0.15, 0.2) is 0 Å². The van der Waals surface area contributed by atoms with Crippen LogP contribution in [0.2, 0.25) is 0 Å². The molecule has 4 heteroatoms. The number of nitrogens with one attached hydrogen (secondary N) is 1. The molecule has 0 fully saturated rings. The van der Waals surface area contributed by atoms with Crippen molar-refractivity contribution in [2.24, 2.45) is 0 Å². The van der Waals surface area contributed by atoms with Crippen LogP contribution in [0.4, 0.5) is 0 Å². The summed E-state index contributed by atoms with van der Waals surface area (Å²) in [6, 6.07) is 12.7. The number of rotatable bonds is 5. The summed E-state index contributed by atoms with van der Waals surface area (Å²) in [5.74, 6) is 1.12. The van der Waals surface area contributed by atoms with Crippen LogP contribution < -0.4 is 5.32 Å². The molecule has 1 unspecified atom stereocenters. The van der Waals surface area contributed by atoms with Crippen molar-refractivity contribution in [1.29, 1.82) is 0 Å². The first-order valence-electron chi connectivity index (χ1n) is 7.34. The minimum Gasteiger partial charge on any atom is -0.328 e. The first-order chi connectivity index (χ1) is 10.3. The van der Waals surface area contributed by atoms with Crippen LogP contribution in [-0.4, -0.2) is 21.6 Å². The average molecular weight is 280 g/mol.